The zero-order valence-electron chi connectivity index (χ0n) is 16.7. The van der Waals surface area contributed by atoms with Gasteiger partial charge >= 0.3 is 0 Å². The quantitative estimate of drug-likeness (QED) is 0.624. The van der Waals surface area contributed by atoms with Gasteiger partial charge in [-0.05, 0) is 48.9 Å². The highest BCUT2D eigenvalue weighted by atomic mass is 35.5. The van der Waals surface area contributed by atoms with Gasteiger partial charge in [0.25, 0.3) is 0 Å². The third-order valence-corrected chi connectivity index (χ3v) is 5.82. The number of hydroxylamine groups is 1. The second kappa shape index (κ2) is 10.1. The normalized spacial score (nSPS) is 20.1. The summed E-state index contributed by atoms with van der Waals surface area (Å²) in [5.41, 5.74) is 1.99. The molecule has 28 heavy (non-hydrogen) atoms. The van der Waals surface area contributed by atoms with Crippen LogP contribution in [-0.4, -0.2) is 37.0 Å². The first kappa shape index (κ1) is 20.8. The first-order valence-electron chi connectivity index (χ1n) is 9.99. The van der Waals surface area contributed by atoms with Crippen LogP contribution in [0.15, 0.2) is 54.6 Å². The minimum atomic E-state index is -0.166. The van der Waals surface area contributed by atoms with Crippen molar-refractivity contribution in [1.82, 2.24) is 4.90 Å². The number of halogens is 1. The largest absolute Gasteiger partial charge is 0.303 e. The van der Waals surface area contributed by atoms with E-state index < -0.39 is 0 Å². The van der Waals surface area contributed by atoms with E-state index in [1.54, 1.807) is 12.1 Å². The van der Waals surface area contributed by atoms with Crippen LogP contribution in [0.1, 0.15) is 25.8 Å². The molecule has 1 saturated heterocycles. The van der Waals surface area contributed by atoms with E-state index in [0.29, 0.717) is 29.2 Å². The predicted octanol–water partition coefficient (Wildman–Crippen LogP) is 4.83. The van der Waals surface area contributed by atoms with Gasteiger partial charge < -0.3 is 4.90 Å². The maximum Gasteiger partial charge on any atom is 0.247 e. The maximum atomic E-state index is 12.1. The van der Waals surface area contributed by atoms with E-state index >= 15 is 0 Å². The fourth-order valence-electron chi connectivity index (χ4n) is 3.78. The molecule has 1 amide bonds. The van der Waals surface area contributed by atoms with Gasteiger partial charge in [-0.25, -0.2) is 0 Å². The molecule has 1 aliphatic heterocycles. The lowest BCUT2D eigenvalue weighted by atomic mass is 9.87. The standard InChI is InChI=1S/C23H29ClN2O2/c1-18-16-25(14-12-20-8-4-3-5-9-20)15-13-21(18)17-28-26(19(2)27)23-11-7-6-10-22(23)24/h3-11,18,21H,12-17H2,1-2H3/t18-,21+/m0/s1. The monoisotopic (exact) mass is 400 g/mol. The fraction of sp³-hybridized carbons (Fsp3) is 0.435. The summed E-state index contributed by atoms with van der Waals surface area (Å²) in [5, 5.41) is 1.85. The summed E-state index contributed by atoms with van der Waals surface area (Å²) < 4.78 is 0. The van der Waals surface area contributed by atoms with Gasteiger partial charge in [0.2, 0.25) is 5.91 Å². The van der Waals surface area contributed by atoms with Crippen molar-refractivity contribution in [2.75, 3.05) is 31.3 Å². The van der Waals surface area contributed by atoms with Crippen molar-refractivity contribution in [2.24, 2.45) is 11.8 Å². The minimum Gasteiger partial charge on any atom is -0.303 e. The van der Waals surface area contributed by atoms with Crippen molar-refractivity contribution < 1.29 is 9.63 Å². The zero-order chi connectivity index (χ0) is 19.9. The molecule has 0 N–H and O–H groups in total. The first-order valence-corrected chi connectivity index (χ1v) is 10.4. The van der Waals surface area contributed by atoms with E-state index in [1.807, 2.05) is 12.1 Å². The Labute approximate surface area is 173 Å². The van der Waals surface area contributed by atoms with E-state index in [9.17, 15) is 4.79 Å². The Kier molecular flexibility index (Phi) is 7.49. The smallest absolute Gasteiger partial charge is 0.247 e. The molecule has 0 aromatic heterocycles. The molecule has 3 rings (SSSR count). The Bertz CT molecular complexity index is 768. The molecule has 2 atom stereocenters. The Balaban J connectivity index is 1.50. The van der Waals surface area contributed by atoms with E-state index in [1.165, 1.54) is 17.6 Å². The topological polar surface area (TPSA) is 32.8 Å². The molecule has 5 heteroatoms. The van der Waals surface area contributed by atoms with Crippen molar-refractivity contribution in [3.63, 3.8) is 0 Å². The maximum absolute atomic E-state index is 12.1. The van der Waals surface area contributed by atoms with Gasteiger partial charge in [-0.3, -0.25) is 9.63 Å². The average Bonchev–Trinajstić information content (AvgIpc) is 2.69. The highest BCUT2D eigenvalue weighted by Gasteiger charge is 2.27. The molecule has 150 valence electrons. The SMILES string of the molecule is CC(=O)N(OC[C@H]1CCN(CCc2ccccc2)C[C@@H]1C)c1ccccc1Cl. The van der Waals surface area contributed by atoms with Crippen LogP contribution >= 0.6 is 11.6 Å². The number of hydrogen-bond acceptors (Lipinski definition) is 3. The third kappa shape index (κ3) is 5.57. The molecule has 0 spiro atoms. The van der Waals surface area contributed by atoms with Crippen molar-refractivity contribution in [1.29, 1.82) is 0 Å². The number of nitrogens with zero attached hydrogens (tertiary/aromatic N) is 2. The van der Waals surface area contributed by atoms with Crippen LogP contribution < -0.4 is 5.06 Å². The van der Waals surface area contributed by atoms with Gasteiger partial charge in [0.05, 0.1) is 17.3 Å². The van der Waals surface area contributed by atoms with Gasteiger partial charge in [-0.15, -0.1) is 0 Å². The fourth-order valence-corrected chi connectivity index (χ4v) is 3.99. The number of carbonyl (C=O) groups excluding carboxylic acids is 1. The lowest BCUT2D eigenvalue weighted by Crippen LogP contribution is -2.43. The summed E-state index contributed by atoms with van der Waals surface area (Å²) in [6, 6.07) is 17.9. The van der Waals surface area contributed by atoms with Crippen LogP contribution in [0.2, 0.25) is 5.02 Å². The molecular formula is C23H29ClN2O2. The molecule has 2 aromatic carbocycles. The molecule has 2 aromatic rings. The summed E-state index contributed by atoms with van der Waals surface area (Å²) in [6.07, 6.45) is 2.16. The predicted molar refractivity (Wildman–Crippen MR) is 114 cm³/mol. The second-order valence-corrected chi connectivity index (χ2v) is 8.03. The van der Waals surface area contributed by atoms with Crippen LogP contribution in [0.25, 0.3) is 0 Å². The van der Waals surface area contributed by atoms with Gasteiger partial charge in [0, 0.05) is 20.0 Å². The number of rotatable bonds is 7. The molecule has 0 radical (unpaired) electrons. The highest BCUT2D eigenvalue weighted by Crippen LogP contribution is 2.28. The van der Waals surface area contributed by atoms with Crippen LogP contribution in [-0.2, 0) is 16.1 Å². The van der Waals surface area contributed by atoms with Gasteiger partial charge in [-0.2, -0.15) is 5.06 Å². The van der Waals surface area contributed by atoms with Crippen molar-refractivity contribution >= 4 is 23.2 Å². The number of anilines is 1. The van der Waals surface area contributed by atoms with Crippen LogP contribution in [0.3, 0.4) is 0 Å². The van der Waals surface area contributed by atoms with Crippen molar-refractivity contribution in [3.05, 3.63) is 65.2 Å². The summed E-state index contributed by atoms with van der Waals surface area (Å²) >= 11 is 6.24. The van der Waals surface area contributed by atoms with E-state index in [0.717, 1.165) is 32.5 Å². The lowest BCUT2D eigenvalue weighted by molar-refractivity contribution is -0.125. The molecule has 4 nitrogen and oxygen atoms in total. The zero-order valence-corrected chi connectivity index (χ0v) is 17.4. The lowest BCUT2D eigenvalue weighted by Gasteiger charge is -2.37. The number of amides is 1. The van der Waals surface area contributed by atoms with Crippen LogP contribution in [0, 0.1) is 11.8 Å². The van der Waals surface area contributed by atoms with E-state index in [4.69, 9.17) is 16.4 Å². The third-order valence-electron chi connectivity index (χ3n) is 5.50. The number of piperidine rings is 1. The average molecular weight is 401 g/mol. The second-order valence-electron chi connectivity index (χ2n) is 7.62. The van der Waals surface area contributed by atoms with Crippen LogP contribution in [0.4, 0.5) is 5.69 Å². The first-order chi connectivity index (χ1) is 13.5. The van der Waals surface area contributed by atoms with Gasteiger partial charge in [0.1, 0.15) is 0 Å². The summed E-state index contributed by atoms with van der Waals surface area (Å²) in [5.74, 6) is 0.780. The Morgan fingerprint density at radius 2 is 1.89 bits per heavy atom. The molecule has 1 heterocycles. The number of carbonyl (C=O) groups is 1. The van der Waals surface area contributed by atoms with E-state index in [-0.39, 0.29) is 5.91 Å². The molecule has 0 aliphatic carbocycles. The number of hydrogen-bond donors (Lipinski definition) is 0. The van der Waals surface area contributed by atoms with E-state index in [2.05, 4.69) is 42.2 Å². The molecular weight excluding hydrogens is 372 g/mol. The summed E-state index contributed by atoms with van der Waals surface area (Å²) in [4.78, 5) is 20.5. The van der Waals surface area contributed by atoms with Crippen LogP contribution in [0.5, 0.6) is 0 Å². The highest BCUT2D eigenvalue weighted by molar-refractivity contribution is 6.33. The van der Waals surface area contributed by atoms with Crippen molar-refractivity contribution in [2.45, 2.75) is 26.7 Å². The molecule has 0 bridgehead atoms. The van der Waals surface area contributed by atoms with Gasteiger partial charge in [-0.1, -0.05) is 61.0 Å². The Morgan fingerprint density at radius 3 is 2.57 bits per heavy atom. The molecule has 0 unspecified atom stereocenters. The minimum absolute atomic E-state index is 0.166. The molecule has 1 aliphatic rings. The summed E-state index contributed by atoms with van der Waals surface area (Å²) in [6.45, 7) is 7.51. The summed E-state index contributed by atoms with van der Waals surface area (Å²) in [7, 11) is 0. The molecule has 0 saturated carbocycles. The number of para-hydroxylation sites is 1. The molecule has 1 fully saturated rings. The number of benzene rings is 2. The van der Waals surface area contributed by atoms with Crippen molar-refractivity contribution in [3.8, 4) is 0 Å². The number of likely N-dealkylation sites (tertiary alicyclic amines) is 1. The Hall–Kier alpha value is -1.88. The van der Waals surface area contributed by atoms with Gasteiger partial charge in [0.15, 0.2) is 0 Å². The Morgan fingerprint density at radius 1 is 1.18 bits per heavy atom.